The van der Waals surface area contributed by atoms with Gasteiger partial charge in [0, 0.05) is 16.6 Å². The van der Waals surface area contributed by atoms with Gasteiger partial charge < -0.3 is 10.1 Å². The summed E-state index contributed by atoms with van der Waals surface area (Å²) in [5.74, 6) is -2.29. The van der Waals surface area contributed by atoms with Crippen LogP contribution in [0, 0.1) is 13.8 Å². The fraction of sp³-hybridized carbons (Fsp3) is 0.167. The topological polar surface area (TPSA) is 70.2 Å². The van der Waals surface area contributed by atoms with Gasteiger partial charge in [0.1, 0.15) is 0 Å². The number of H-pyrrole nitrogens is 1. The van der Waals surface area contributed by atoms with Crippen LogP contribution in [0.4, 0.5) is 0 Å². The van der Waals surface area contributed by atoms with Crippen molar-refractivity contribution in [3.8, 4) is 0 Å². The highest BCUT2D eigenvalue weighted by molar-refractivity contribution is 6.42. The van der Waals surface area contributed by atoms with Gasteiger partial charge in [-0.15, -0.1) is 0 Å². The summed E-state index contributed by atoms with van der Waals surface area (Å²) in [7, 11) is 0. The van der Waals surface area contributed by atoms with E-state index in [1.54, 1.807) is 13.0 Å². The predicted octanol–water partition coefficient (Wildman–Crippen LogP) is 2.05. The fourth-order valence-corrected chi connectivity index (χ4v) is 1.85. The number of aromatic amines is 1. The Morgan fingerprint density at radius 2 is 1.94 bits per heavy atom. The molecule has 0 aliphatic heterocycles. The number of ketones is 1. The smallest absolute Gasteiger partial charge is 0.377 e. The summed E-state index contributed by atoms with van der Waals surface area (Å²) >= 11 is 0. The molecule has 0 fully saturated rings. The van der Waals surface area contributed by atoms with E-state index in [0.717, 1.165) is 11.1 Å². The standard InChI is InChI=1S/C12H11NO3/c1-6-3-4-8-9(5-6)13-7(2)10(8)11(14)12(15)16/h3-5,13H,1-2H3,(H,15,16). The molecule has 16 heavy (non-hydrogen) atoms. The Kier molecular flexibility index (Phi) is 2.27. The molecule has 0 saturated heterocycles. The number of aliphatic carboxylic acids is 1. The normalized spacial score (nSPS) is 10.6. The summed E-state index contributed by atoms with van der Waals surface area (Å²) < 4.78 is 0. The third-order valence-corrected chi connectivity index (χ3v) is 2.56. The second-order valence-electron chi connectivity index (χ2n) is 3.81. The van der Waals surface area contributed by atoms with E-state index in [0.29, 0.717) is 11.1 Å². The van der Waals surface area contributed by atoms with Gasteiger partial charge in [0.25, 0.3) is 5.78 Å². The van der Waals surface area contributed by atoms with Gasteiger partial charge in [0.05, 0.1) is 5.56 Å². The zero-order chi connectivity index (χ0) is 11.9. The first-order valence-electron chi connectivity index (χ1n) is 4.87. The van der Waals surface area contributed by atoms with Gasteiger partial charge in [-0.1, -0.05) is 12.1 Å². The molecule has 82 valence electrons. The molecular formula is C12H11NO3. The summed E-state index contributed by atoms with van der Waals surface area (Å²) in [6, 6.07) is 5.51. The van der Waals surface area contributed by atoms with Crippen molar-refractivity contribution in [3.63, 3.8) is 0 Å². The number of Topliss-reactive ketones (excluding diaryl/α,β-unsaturated/α-hetero) is 1. The van der Waals surface area contributed by atoms with Crippen molar-refractivity contribution in [1.82, 2.24) is 4.98 Å². The molecule has 0 atom stereocenters. The molecule has 4 nitrogen and oxygen atoms in total. The van der Waals surface area contributed by atoms with Gasteiger partial charge >= 0.3 is 5.97 Å². The van der Waals surface area contributed by atoms with E-state index < -0.39 is 11.8 Å². The van der Waals surface area contributed by atoms with Crippen molar-refractivity contribution < 1.29 is 14.7 Å². The number of aryl methyl sites for hydroxylation is 2. The van der Waals surface area contributed by atoms with Gasteiger partial charge in [-0.3, -0.25) is 4.79 Å². The lowest BCUT2D eigenvalue weighted by atomic mass is 10.1. The highest BCUT2D eigenvalue weighted by atomic mass is 16.4. The molecule has 2 N–H and O–H groups in total. The van der Waals surface area contributed by atoms with Crippen LogP contribution in [-0.4, -0.2) is 21.8 Å². The highest BCUT2D eigenvalue weighted by Gasteiger charge is 2.21. The number of benzene rings is 1. The largest absolute Gasteiger partial charge is 0.475 e. The molecule has 0 aliphatic carbocycles. The second-order valence-corrected chi connectivity index (χ2v) is 3.81. The molecule has 2 aromatic rings. The highest BCUT2D eigenvalue weighted by Crippen LogP contribution is 2.23. The number of nitrogens with one attached hydrogen (secondary N) is 1. The summed E-state index contributed by atoms with van der Waals surface area (Å²) in [4.78, 5) is 25.2. The Morgan fingerprint density at radius 1 is 1.25 bits per heavy atom. The first-order chi connectivity index (χ1) is 7.50. The lowest BCUT2D eigenvalue weighted by Crippen LogP contribution is -2.13. The maximum absolute atomic E-state index is 11.5. The van der Waals surface area contributed by atoms with Gasteiger partial charge in [-0.05, 0) is 25.5 Å². The molecule has 0 amide bonds. The van der Waals surface area contributed by atoms with Crippen LogP contribution in [-0.2, 0) is 4.79 Å². The maximum atomic E-state index is 11.5. The minimum absolute atomic E-state index is 0.252. The number of carboxylic acid groups (broad SMARTS) is 1. The fourth-order valence-electron chi connectivity index (χ4n) is 1.85. The number of carbonyl (C=O) groups is 2. The first-order valence-corrected chi connectivity index (χ1v) is 4.87. The molecule has 4 heteroatoms. The van der Waals surface area contributed by atoms with Crippen LogP contribution in [0.15, 0.2) is 18.2 Å². The number of carbonyl (C=O) groups excluding carboxylic acids is 1. The Balaban J connectivity index is 2.74. The van der Waals surface area contributed by atoms with E-state index >= 15 is 0 Å². The third-order valence-electron chi connectivity index (χ3n) is 2.56. The summed E-state index contributed by atoms with van der Waals surface area (Å²) in [5, 5.41) is 9.39. The summed E-state index contributed by atoms with van der Waals surface area (Å²) in [5.41, 5.74) is 2.70. The van der Waals surface area contributed by atoms with Crippen LogP contribution in [0.3, 0.4) is 0 Å². The van der Waals surface area contributed by atoms with Crippen molar-refractivity contribution >= 4 is 22.7 Å². The quantitative estimate of drug-likeness (QED) is 0.597. The Hall–Kier alpha value is -2.10. The number of hydrogen-bond acceptors (Lipinski definition) is 2. The molecule has 0 bridgehead atoms. The van der Waals surface area contributed by atoms with Crippen LogP contribution >= 0.6 is 0 Å². The third kappa shape index (κ3) is 1.48. The zero-order valence-corrected chi connectivity index (χ0v) is 9.00. The monoisotopic (exact) mass is 217 g/mol. The van der Waals surface area contributed by atoms with E-state index in [4.69, 9.17) is 5.11 Å². The van der Waals surface area contributed by atoms with E-state index in [1.807, 2.05) is 19.1 Å². The van der Waals surface area contributed by atoms with Gasteiger partial charge in [0.15, 0.2) is 0 Å². The molecule has 1 heterocycles. The van der Waals surface area contributed by atoms with Crippen LogP contribution in [0.5, 0.6) is 0 Å². The minimum Gasteiger partial charge on any atom is -0.475 e. The van der Waals surface area contributed by atoms with Crippen LogP contribution < -0.4 is 0 Å². The zero-order valence-electron chi connectivity index (χ0n) is 9.00. The van der Waals surface area contributed by atoms with Crippen LogP contribution in [0.25, 0.3) is 10.9 Å². The van der Waals surface area contributed by atoms with E-state index in [1.165, 1.54) is 0 Å². The molecule has 0 spiro atoms. The minimum atomic E-state index is -1.43. The van der Waals surface area contributed by atoms with E-state index in [2.05, 4.69) is 4.98 Å². The molecule has 0 saturated carbocycles. The first kappa shape index (κ1) is 10.4. The van der Waals surface area contributed by atoms with E-state index in [9.17, 15) is 9.59 Å². The van der Waals surface area contributed by atoms with Gasteiger partial charge in [-0.25, -0.2) is 4.79 Å². The number of rotatable bonds is 2. The van der Waals surface area contributed by atoms with Crippen molar-refractivity contribution in [2.75, 3.05) is 0 Å². The Bertz CT molecular complexity index is 596. The van der Waals surface area contributed by atoms with Gasteiger partial charge in [0.2, 0.25) is 0 Å². The molecule has 1 aromatic carbocycles. The number of fused-ring (bicyclic) bond motifs is 1. The molecule has 0 aliphatic rings. The summed E-state index contributed by atoms with van der Waals surface area (Å²) in [6.45, 7) is 3.64. The molecule has 0 radical (unpaired) electrons. The predicted molar refractivity (Wildman–Crippen MR) is 59.7 cm³/mol. The Labute approximate surface area is 91.9 Å². The number of hydrogen-bond donors (Lipinski definition) is 2. The van der Waals surface area contributed by atoms with Crippen LogP contribution in [0.1, 0.15) is 21.6 Å². The maximum Gasteiger partial charge on any atom is 0.377 e. The van der Waals surface area contributed by atoms with E-state index in [-0.39, 0.29) is 5.56 Å². The van der Waals surface area contributed by atoms with Crippen LogP contribution in [0.2, 0.25) is 0 Å². The average Bonchev–Trinajstić information content (AvgIpc) is 2.51. The molecule has 2 rings (SSSR count). The number of carboxylic acids is 1. The average molecular weight is 217 g/mol. The molecule has 1 aromatic heterocycles. The second kappa shape index (κ2) is 3.48. The van der Waals surface area contributed by atoms with Crippen molar-refractivity contribution in [3.05, 3.63) is 35.0 Å². The van der Waals surface area contributed by atoms with Crippen molar-refractivity contribution in [1.29, 1.82) is 0 Å². The summed E-state index contributed by atoms with van der Waals surface area (Å²) in [6.07, 6.45) is 0. The number of aromatic nitrogens is 1. The lowest BCUT2D eigenvalue weighted by Gasteiger charge is -1.96. The Morgan fingerprint density at radius 3 is 2.56 bits per heavy atom. The SMILES string of the molecule is Cc1ccc2c(C(=O)C(=O)O)c(C)[nH]c2c1. The van der Waals surface area contributed by atoms with Crippen molar-refractivity contribution in [2.45, 2.75) is 13.8 Å². The molecule has 0 unspecified atom stereocenters. The molecular weight excluding hydrogens is 206 g/mol. The lowest BCUT2D eigenvalue weighted by molar-refractivity contribution is -0.131. The van der Waals surface area contributed by atoms with Crippen molar-refractivity contribution in [2.24, 2.45) is 0 Å². The van der Waals surface area contributed by atoms with Gasteiger partial charge in [-0.2, -0.15) is 0 Å².